The van der Waals surface area contributed by atoms with Crippen molar-refractivity contribution < 1.29 is 52.3 Å². The molecule has 0 spiro atoms. The molecule has 1 fully saturated rings. The van der Waals surface area contributed by atoms with Crippen molar-refractivity contribution in [1.82, 2.24) is 25.3 Å². The number of nitrogens with two attached hydrogens (primary N) is 1. The number of aromatic nitrogens is 4. The number of rotatable bonds is 12. The lowest BCUT2D eigenvalue weighted by Gasteiger charge is -2.42. The van der Waals surface area contributed by atoms with Crippen LogP contribution < -0.4 is 25.8 Å². The molecule has 1 aromatic carbocycles. The fourth-order valence-electron chi connectivity index (χ4n) is 6.14. The molecular weight excluding hydrogens is 724 g/mol. The Labute approximate surface area is 311 Å². The molecule has 0 radical (unpaired) electrons. The first-order chi connectivity index (χ1) is 26.5. The van der Waals surface area contributed by atoms with Crippen LogP contribution in [0.3, 0.4) is 0 Å². The van der Waals surface area contributed by atoms with E-state index in [0.717, 1.165) is 30.4 Å². The Balaban J connectivity index is 1.39. The fourth-order valence-corrected chi connectivity index (χ4v) is 6.14. The SMILES string of the molecule is COc1ccc2nccc(NC(=O)O[C@@H]3O[C@H](C[C@@H](O)CO)[C@H](NC(=O)/C=C/c4cc(F)ccc4F)CC3c3cc(C(N)=O)nc4ccc(OC)nc34)c2n1. The van der Waals surface area contributed by atoms with Gasteiger partial charge in [-0.3, -0.25) is 19.9 Å². The van der Waals surface area contributed by atoms with E-state index in [1.54, 1.807) is 18.2 Å². The van der Waals surface area contributed by atoms with E-state index in [4.69, 9.17) is 24.7 Å². The van der Waals surface area contributed by atoms with Gasteiger partial charge in [0.2, 0.25) is 24.0 Å². The van der Waals surface area contributed by atoms with E-state index in [9.17, 15) is 33.4 Å². The van der Waals surface area contributed by atoms with E-state index in [1.165, 1.54) is 38.6 Å². The first-order valence-corrected chi connectivity index (χ1v) is 16.8. The molecular formula is C37H35F2N7O9. The number of fused-ring (bicyclic) bond motifs is 2. The Bertz CT molecular complexity index is 2280. The van der Waals surface area contributed by atoms with Crippen LogP contribution in [-0.2, 0) is 14.3 Å². The van der Waals surface area contributed by atoms with E-state index < -0.39 is 66.6 Å². The van der Waals surface area contributed by atoms with Gasteiger partial charge in [0, 0.05) is 36.4 Å². The fraction of sp³-hybridized carbons (Fsp3) is 0.270. The van der Waals surface area contributed by atoms with E-state index in [0.29, 0.717) is 11.0 Å². The van der Waals surface area contributed by atoms with E-state index in [2.05, 4.69) is 30.6 Å². The number of hydrogen-bond donors (Lipinski definition) is 5. The molecule has 18 heteroatoms. The Morgan fingerprint density at radius 3 is 2.44 bits per heavy atom. The number of nitrogens with zero attached hydrogens (tertiary/aromatic N) is 4. The van der Waals surface area contributed by atoms with Crippen molar-refractivity contribution in [1.29, 1.82) is 0 Å². The van der Waals surface area contributed by atoms with Crippen molar-refractivity contribution >= 4 is 51.7 Å². The summed E-state index contributed by atoms with van der Waals surface area (Å²) in [5, 5.41) is 25.6. The third-order valence-electron chi connectivity index (χ3n) is 8.75. The lowest BCUT2D eigenvalue weighted by Crippen LogP contribution is -2.54. The monoisotopic (exact) mass is 759 g/mol. The predicted octanol–water partition coefficient (Wildman–Crippen LogP) is 3.36. The third-order valence-corrected chi connectivity index (χ3v) is 8.75. The molecule has 5 atom stereocenters. The number of anilines is 1. The first-order valence-electron chi connectivity index (χ1n) is 16.8. The first kappa shape index (κ1) is 38.4. The van der Waals surface area contributed by atoms with E-state index in [-0.39, 0.29) is 58.1 Å². The largest absolute Gasteiger partial charge is 0.481 e. The second kappa shape index (κ2) is 16.8. The standard InChI is InChI=1S/C37H35F2N7O9/c1-52-31-10-7-25-33(45-31)21(15-28(42-25)35(40)50)22-16-27(43-30(49)8-3-18-13-19(38)4-5-23(18)39)29(14-20(48)17-47)54-36(22)55-37(51)44-26-11-12-41-24-6-9-32(53-2)46-34(24)26/h3-13,15,20,22,27,29,36,47-48H,14,16-17H2,1-2H3,(H2,40,50)(H,43,49)(H,41,44,51)/b8-3+/t20-,22?,27-,29-,36+/m1/s1. The van der Waals surface area contributed by atoms with Gasteiger partial charge in [0.05, 0.1) is 67.2 Å². The van der Waals surface area contributed by atoms with Gasteiger partial charge in [0.1, 0.15) is 22.8 Å². The van der Waals surface area contributed by atoms with Gasteiger partial charge in [0.15, 0.2) is 0 Å². The second-order valence-electron chi connectivity index (χ2n) is 12.4. The molecule has 0 saturated carbocycles. The summed E-state index contributed by atoms with van der Waals surface area (Å²) in [6, 6.07) is 11.0. The number of carbonyl (C=O) groups excluding carboxylic acids is 3. The summed E-state index contributed by atoms with van der Waals surface area (Å²) < 4.78 is 50.9. The van der Waals surface area contributed by atoms with Gasteiger partial charge in [-0.25, -0.2) is 28.5 Å². The number of benzene rings is 1. The molecule has 5 heterocycles. The number of halogens is 2. The number of methoxy groups -OCH3 is 2. The van der Waals surface area contributed by atoms with Crippen molar-refractivity contribution in [2.24, 2.45) is 5.73 Å². The normalized spacial score (nSPS) is 18.9. The lowest BCUT2D eigenvalue weighted by molar-refractivity contribution is -0.191. The van der Waals surface area contributed by atoms with E-state index in [1.807, 2.05) is 0 Å². The Morgan fingerprint density at radius 1 is 1.00 bits per heavy atom. The van der Waals surface area contributed by atoms with Crippen LogP contribution in [0.15, 0.2) is 66.9 Å². The van der Waals surface area contributed by atoms with Crippen LogP contribution in [0.4, 0.5) is 19.3 Å². The van der Waals surface area contributed by atoms with Crippen LogP contribution in [0.1, 0.15) is 40.4 Å². The van der Waals surface area contributed by atoms with Crippen LogP contribution >= 0.6 is 0 Å². The minimum atomic E-state index is -1.49. The highest BCUT2D eigenvalue weighted by molar-refractivity contribution is 5.97. The van der Waals surface area contributed by atoms with E-state index >= 15 is 0 Å². The van der Waals surface area contributed by atoms with Gasteiger partial charge in [-0.1, -0.05) is 0 Å². The highest BCUT2D eigenvalue weighted by Crippen LogP contribution is 2.39. The number of nitrogens with one attached hydrogen (secondary N) is 2. The molecule has 1 aliphatic rings. The molecule has 6 rings (SSSR count). The second-order valence-corrected chi connectivity index (χ2v) is 12.4. The molecule has 16 nitrogen and oxygen atoms in total. The summed E-state index contributed by atoms with van der Waals surface area (Å²) in [6.45, 7) is -0.666. The zero-order chi connectivity index (χ0) is 39.2. The zero-order valence-electron chi connectivity index (χ0n) is 29.3. The minimum absolute atomic E-state index is 0.0815. The molecule has 1 saturated heterocycles. The van der Waals surface area contributed by atoms with Crippen LogP contribution in [0.5, 0.6) is 11.8 Å². The molecule has 1 aliphatic heterocycles. The summed E-state index contributed by atoms with van der Waals surface area (Å²) in [6.07, 6.45) is -1.72. The molecule has 4 aromatic heterocycles. The molecule has 3 amide bonds. The minimum Gasteiger partial charge on any atom is -0.481 e. The third kappa shape index (κ3) is 8.89. The van der Waals surface area contributed by atoms with Crippen molar-refractivity contribution in [2.75, 3.05) is 26.1 Å². The molecule has 0 aliphatic carbocycles. The van der Waals surface area contributed by atoms with Gasteiger partial charge < -0.3 is 40.2 Å². The Hall–Kier alpha value is -6.37. The summed E-state index contributed by atoms with van der Waals surface area (Å²) in [5.74, 6) is -3.66. The Kier molecular flexibility index (Phi) is 11.7. The smallest absolute Gasteiger partial charge is 0.414 e. The van der Waals surface area contributed by atoms with Crippen LogP contribution in [0.25, 0.3) is 28.1 Å². The quantitative estimate of drug-likeness (QED) is 0.115. The topological polar surface area (TPSA) is 230 Å². The summed E-state index contributed by atoms with van der Waals surface area (Å²) in [4.78, 5) is 56.9. The summed E-state index contributed by atoms with van der Waals surface area (Å²) in [7, 11) is 2.84. The predicted molar refractivity (Wildman–Crippen MR) is 192 cm³/mol. The number of hydrogen-bond acceptors (Lipinski definition) is 13. The van der Waals surface area contributed by atoms with Gasteiger partial charge in [0.25, 0.3) is 5.91 Å². The van der Waals surface area contributed by atoms with Crippen molar-refractivity contribution in [2.45, 2.75) is 43.3 Å². The number of carbonyl (C=O) groups is 3. The molecule has 1 unspecified atom stereocenters. The molecule has 5 aromatic rings. The maximum absolute atomic E-state index is 14.3. The maximum atomic E-state index is 14.3. The molecule has 6 N–H and O–H groups in total. The van der Waals surface area contributed by atoms with Gasteiger partial charge in [-0.05, 0) is 60.5 Å². The number of pyridine rings is 4. The average molecular weight is 760 g/mol. The Morgan fingerprint density at radius 2 is 1.73 bits per heavy atom. The van der Waals surface area contributed by atoms with Crippen LogP contribution in [0, 0.1) is 11.6 Å². The highest BCUT2D eigenvalue weighted by atomic mass is 19.1. The number of ether oxygens (including phenoxy) is 4. The number of amides is 3. The maximum Gasteiger partial charge on any atom is 0.414 e. The zero-order valence-corrected chi connectivity index (χ0v) is 29.3. The van der Waals surface area contributed by atoms with Crippen molar-refractivity contribution in [3.05, 3.63) is 95.3 Å². The molecule has 0 bridgehead atoms. The number of primary amides is 1. The van der Waals surface area contributed by atoms with Crippen molar-refractivity contribution in [3.63, 3.8) is 0 Å². The average Bonchev–Trinajstić information content (AvgIpc) is 3.18. The molecule has 286 valence electrons. The van der Waals surface area contributed by atoms with Gasteiger partial charge >= 0.3 is 6.09 Å². The molecule has 55 heavy (non-hydrogen) atoms. The summed E-state index contributed by atoms with van der Waals surface area (Å²) in [5.41, 5.74) is 7.00. The van der Waals surface area contributed by atoms with Crippen LogP contribution in [-0.4, -0.2) is 93.4 Å². The number of aliphatic hydroxyl groups is 2. The van der Waals surface area contributed by atoms with Gasteiger partial charge in [-0.15, -0.1) is 0 Å². The van der Waals surface area contributed by atoms with Gasteiger partial charge in [-0.2, -0.15) is 0 Å². The van der Waals surface area contributed by atoms with Crippen molar-refractivity contribution in [3.8, 4) is 11.8 Å². The summed E-state index contributed by atoms with van der Waals surface area (Å²) >= 11 is 0. The van der Waals surface area contributed by atoms with Crippen LogP contribution in [0.2, 0.25) is 0 Å². The number of aliphatic hydroxyl groups excluding tert-OH is 2. The highest BCUT2D eigenvalue weighted by Gasteiger charge is 2.43. The lowest BCUT2D eigenvalue weighted by atomic mass is 9.84.